The van der Waals surface area contributed by atoms with Crippen LogP contribution in [-0.2, 0) is 9.59 Å². The van der Waals surface area contributed by atoms with Crippen molar-refractivity contribution in [1.82, 2.24) is 4.90 Å². The molecule has 1 aliphatic rings. The maximum Gasteiger partial charge on any atom is 0.305 e. The van der Waals surface area contributed by atoms with Crippen molar-refractivity contribution in [3.63, 3.8) is 0 Å². The SMILES string of the molecule is O=C(O)CCN1C(=O)C(=Cc2ccc(-c3cccc([N+](=O)[O-])c3)o2)SC1=S. The number of carbonyl (C=O) groups is 2. The summed E-state index contributed by atoms with van der Waals surface area (Å²) in [5.41, 5.74) is 0.489. The quantitative estimate of drug-likeness (QED) is 0.337. The first kappa shape index (κ1) is 18.8. The highest BCUT2D eigenvalue weighted by molar-refractivity contribution is 8.26. The molecule has 2 aromatic rings. The van der Waals surface area contributed by atoms with Crippen molar-refractivity contribution < 1.29 is 24.0 Å². The van der Waals surface area contributed by atoms with Gasteiger partial charge in [0.15, 0.2) is 0 Å². The second-order valence-electron chi connectivity index (χ2n) is 5.49. The number of aliphatic carboxylic acids is 1. The number of carbonyl (C=O) groups excluding carboxylic acids is 1. The van der Waals surface area contributed by atoms with Gasteiger partial charge in [-0.15, -0.1) is 0 Å². The van der Waals surface area contributed by atoms with Gasteiger partial charge in [0.05, 0.1) is 16.2 Å². The third-order valence-electron chi connectivity index (χ3n) is 3.66. The minimum Gasteiger partial charge on any atom is -0.481 e. The fraction of sp³-hybridized carbons (Fsp3) is 0.118. The van der Waals surface area contributed by atoms with Crippen molar-refractivity contribution >= 4 is 51.9 Å². The van der Waals surface area contributed by atoms with Crippen LogP contribution in [0.25, 0.3) is 17.4 Å². The van der Waals surface area contributed by atoms with E-state index in [4.69, 9.17) is 21.7 Å². The average Bonchev–Trinajstić information content (AvgIpc) is 3.19. The largest absolute Gasteiger partial charge is 0.481 e. The van der Waals surface area contributed by atoms with E-state index in [1.165, 1.54) is 23.1 Å². The fourth-order valence-corrected chi connectivity index (χ4v) is 3.68. The van der Waals surface area contributed by atoms with Gasteiger partial charge >= 0.3 is 5.97 Å². The number of nitro groups is 1. The van der Waals surface area contributed by atoms with Crippen molar-refractivity contribution in [3.8, 4) is 11.3 Å². The first-order valence-electron chi connectivity index (χ1n) is 7.67. The average molecular weight is 404 g/mol. The number of nitro benzene ring substituents is 1. The number of amides is 1. The number of benzene rings is 1. The number of carboxylic acids is 1. The van der Waals surface area contributed by atoms with Gasteiger partial charge in [-0.1, -0.05) is 36.1 Å². The summed E-state index contributed by atoms with van der Waals surface area (Å²) in [5.74, 6) is -0.582. The lowest BCUT2D eigenvalue weighted by molar-refractivity contribution is -0.384. The van der Waals surface area contributed by atoms with E-state index >= 15 is 0 Å². The van der Waals surface area contributed by atoms with Crippen LogP contribution in [-0.4, -0.2) is 37.7 Å². The smallest absolute Gasteiger partial charge is 0.305 e. The lowest BCUT2D eigenvalue weighted by Gasteiger charge is -2.12. The Balaban J connectivity index is 1.80. The van der Waals surface area contributed by atoms with Crippen molar-refractivity contribution in [2.75, 3.05) is 6.54 Å². The van der Waals surface area contributed by atoms with E-state index in [-0.39, 0.29) is 28.9 Å². The van der Waals surface area contributed by atoms with Crippen LogP contribution in [0.5, 0.6) is 0 Å². The molecule has 8 nitrogen and oxygen atoms in total. The molecule has 1 N–H and O–H groups in total. The van der Waals surface area contributed by atoms with Gasteiger partial charge in [-0.2, -0.15) is 0 Å². The lowest BCUT2D eigenvalue weighted by atomic mass is 10.1. The molecule has 0 radical (unpaired) electrons. The Morgan fingerprint density at radius 2 is 2.15 bits per heavy atom. The molecule has 1 aromatic carbocycles. The van der Waals surface area contributed by atoms with Crippen LogP contribution >= 0.6 is 24.0 Å². The number of furan rings is 1. The van der Waals surface area contributed by atoms with E-state index in [0.717, 1.165) is 11.8 Å². The molecule has 10 heteroatoms. The molecule has 0 aliphatic carbocycles. The van der Waals surface area contributed by atoms with Crippen molar-refractivity contribution in [2.45, 2.75) is 6.42 Å². The summed E-state index contributed by atoms with van der Waals surface area (Å²) in [6.45, 7) is 0.00836. The lowest BCUT2D eigenvalue weighted by Crippen LogP contribution is -2.30. The van der Waals surface area contributed by atoms with Gasteiger partial charge in [0.25, 0.3) is 11.6 Å². The van der Waals surface area contributed by atoms with E-state index in [0.29, 0.717) is 22.0 Å². The molecule has 1 amide bonds. The zero-order valence-electron chi connectivity index (χ0n) is 13.7. The Morgan fingerprint density at radius 1 is 1.37 bits per heavy atom. The summed E-state index contributed by atoms with van der Waals surface area (Å²) in [6, 6.07) is 9.31. The highest BCUT2D eigenvalue weighted by Crippen LogP contribution is 2.34. The van der Waals surface area contributed by atoms with Gasteiger partial charge in [0, 0.05) is 30.3 Å². The van der Waals surface area contributed by atoms with E-state index < -0.39 is 10.9 Å². The highest BCUT2D eigenvalue weighted by Gasteiger charge is 2.32. The van der Waals surface area contributed by atoms with E-state index in [9.17, 15) is 19.7 Å². The molecule has 1 aliphatic heterocycles. The number of nitrogens with zero attached hydrogens (tertiary/aromatic N) is 2. The minimum atomic E-state index is -1.01. The van der Waals surface area contributed by atoms with Crippen LogP contribution < -0.4 is 0 Å². The Bertz CT molecular complexity index is 981. The molecule has 0 bridgehead atoms. The molecule has 0 spiro atoms. The number of carboxylic acid groups (broad SMARTS) is 1. The van der Waals surface area contributed by atoms with Crippen LogP contribution in [0, 0.1) is 10.1 Å². The van der Waals surface area contributed by atoms with Crippen LogP contribution in [0.15, 0.2) is 45.7 Å². The molecule has 2 heterocycles. The first-order valence-corrected chi connectivity index (χ1v) is 8.89. The third-order valence-corrected chi connectivity index (χ3v) is 5.04. The van der Waals surface area contributed by atoms with Crippen LogP contribution in [0.2, 0.25) is 0 Å². The topological polar surface area (TPSA) is 114 Å². The Morgan fingerprint density at radius 3 is 2.85 bits per heavy atom. The number of thiocarbonyl (C=S) groups is 1. The zero-order valence-corrected chi connectivity index (χ0v) is 15.3. The van der Waals surface area contributed by atoms with Gasteiger partial charge in [-0.25, -0.2) is 0 Å². The second kappa shape index (κ2) is 7.72. The molecule has 27 heavy (non-hydrogen) atoms. The maximum absolute atomic E-state index is 12.4. The summed E-state index contributed by atoms with van der Waals surface area (Å²) in [4.78, 5) is 35.0. The number of non-ortho nitro benzene ring substituents is 1. The summed E-state index contributed by atoms with van der Waals surface area (Å²) in [5, 5.41) is 19.6. The van der Waals surface area contributed by atoms with Gasteiger partial charge in [-0.05, 0) is 12.1 Å². The summed E-state index contributed by atoms with van der Waals surface area (Å²) in [7, 11) is 0. The molecule has 1 aromatic heterocycles. The molecule has 0 atom stereocenters. The molecular formula is C17H12N2O6S2. The predicted molar refractivity (Wildman–Crippen MR) is 103 cm³/mol. The molecule has 3 rings (SSSR count). The standard InChI is InChI=1S/C17H12N2O6S2/c20-15(21)6-7-18-16(22)14(27-17(18)26)9-12-4-5-13(25-12)10-2-1-3-11(8-10)19(23)24/h1-5,8-9H,6-7H2,(H,20,21). The zero-order chi connectivity index (χ0) is 19.6. The highest BCUT2D eigenvalue weighted by atomic mass is 32.2. The van der Waals surface area contributed by atoms with Crippen LogP contribution in [0.4, 0.5) is 5.69 Å². The minimum absolute atomic E-state index is 0.00836. The number of hydrogen-bond acceptors (Lipinski definition) is 7. The number of hydrogen-bond donors (Lipinski definition) is 1. The summed E-state index contributed by atoms with van der Waals surface area (Å²) < 4.78 is 5.95. The monoisotopic (exact) mass is 404 g/mol. The molecular weight excluding hydrogens is 392 g/mol. The fourth-order valence-electron chi connectivity index (χ4n) is 2.39. The van der Waals surface area contributed by atoms with Crippen molar-refractivity contribution in [1.29, 1.82) is 0 Å². The first-order chi connectivity index (χ1) is 12.8. The Hall–Kier alpha value is -2.98. The van der Waals surface area contributed by atoms with Gasteiger partial charge < -0.3 is 9.52 Å². The van der Waals surface area contributed by atoms with Crippen LogP contribution in [0.1, 0.15) is 12.2 Å². The van der Waals surface area contributed by atoms with Crippen molar-refractivity contribution in [3.05, 3.63) is 57.2 Å². The third kappa shape index (κ3) is 4.23. The van der Waals surface area contributed by atoms with Crippen LogP contribution in [0.3, 0.4) is 0 Å². The van der Waals surface area contributed by atoms with E-state index in [2.05, 4.69) is 0 Å². The van der Waals surface area contributed by atoms with E-state index in [1.807, 2.05) is 0 Å². The van der Waals surface area contributed by atoms with E-state index in [1.54, 1.807) is 24.3 Å². The predicted octanol–water partition coefficient (Wildman–Crippen LogP) is 3.53. The summed E-state index contributed by atoms with van der Waals surface area (Å²) in [6.07, 6.45) is 1.32. The molecule has 0 unspecified atom stereocenters. The normalized spacial score (nSPS) is 15.6. The molecule has 1 fully saturated rings. The van der Waals surface area contributed by atoms with Gasteiger partial charge in [-0.3, -0.25) is 24.6 Å². The molecule has 0 saturated carbocycles. The summed E-state index contributed by atoms with van der Waals surface area (Å²) >= 11 is 6.19. The number of rotatable bonds is 6. The second-order valence-corrected chi connectivity index (χ2v) is 7.16. The number of thioether (sulfide) groups is 1. The van der Waals surface area contributed by atoms with Gasteiger partial charge in [0.1, 0.15) is 15.8 Å². The molecule has 1 saturated heterocycles. The Kier molecular flexibility index (Phi) is 5.38. The maximum atomic E-state index is 12.4. The Labute approximate surface area is 162 Å². The molecule has 138 valence electrons. The van der Waals surface area contributed by atoms with Gasteiger partial charge in [0.2, 0.25) is 0 Å². The van der Waals surface area contributed by atoms with Crippen molar-refractivity contribution in [2.24, 2.45) is 0 Å².